The third-order valence-corrected chi connectivity index (χ3v) is 6.11. The van der Waals surface area contributed by atoms with Gasteiger partial charge < -0.3 is 14.8 Å². The molecule has 35 heavy (non-hydrogen) atoms. The summed E-state index contributed by atoms with van der Waals surface area (Å²) in [5.74, 6) is -0.384. The predicted molar refractivity (Wildman–Crippen MR) is 132 cm³/mol. The molecule has 0 fully saturated rings. The highest BCUT2D eigenvalue weighted by atomic mass is 32.1. The number of fused-ring (bicyclic) bond motifs is 1. The van der Waals surface area contributed by atoms with Crippen molar-refractivity contribution in [2.24, 2.45) is 0 Å². The van der Waals surface area contributed by atoms with Crippen molar-refractivity contribution < 1.29 is 23.5 Å². The van der Waals surface area contributed by atoms with E-state index in [1.54, 1.807) is 30.3 Å². The SMILES string of the molecule is O=C(COc1ccccc1C(=O)Nc1nc(-c2ccc3c(c2)CCO3)cs1)Nc1ccccc1F. The average molecular weight is 490 g/mol. The first-order valence-corrected chi connectivity index (χ1v) is 11.7. The quantitative estimate of drug-likeness (QED) is 0.375. The van der Waals surface area contributed by atoms with Gasteiger partial charge in [-0.1, -0.05) is 24.3 Å². The maximum Gasteiger partial charge on any atom is 0.262 e. The Morgan fingerprint density at radius 3 is 2.77 bits per heavy atom. The van der Waals surface area contributed by atoms with E-state index >= 15 is 0 Å². The van der Waals surface area contributed by atoms with Crippen LogP contribution < -0.4 is 20.1 Å². The fourth-order valence-corrected chi connectivity index (χ4v) is 4.36. The molecular weight excluding hydrogens is 469 g/mol. The summed E-state index contributed by atoms with van der Waals surface area (Å²) < 4.78 is 24.9. The number of hydrogen-bond donors (Lipinski definition) is 2. The molecule has 2 heterocycles. The van der Waals surface area contributed by atoms with E-state index < -0.39 is 17.6 Å². The number of carbonyl (C=O) groups is 2. The highest BCUT2D eigenvalue weighted by molar-refractivity contribution is 7.14. The van der Waals surface area contributed by atoms with Crippen molar-refractivity contribution in [3.63, 3.8) is 0 Å². The van der Waals surface area contributed by atoms with Crippen LogP contribution in [0.2, 0.25) is 0 Å². The van der Waals surface area contributed by atoms with Gasteiger partial charge in [0.15, 0.2) is 11.7 Å². The van der Waals surface area contributed by atoms with Crippen LogP contribution in [0, 0.1) is 5.82 Å². The maximum absolute atomic E-state index is 13.7. The third-order valence-electron chi connectivity index (χ3n) is 5.35. The van der Waals surface area contributed by atoms with Gasteiger partial charge in [0.1, 0.15) is 17.3 Å². The minimum absolute atomic E-state index is 0.0580. The number of nitrogens with one attached hydrogen (secondary N) is 2. The van der Waals surface area contributed by atoms with Crippen LogP contribution in [-0.2, 0) is 11.2 Å². The Kier molecular flexibility index (Phi) is 6.40. The number of thiazole rings is 1. The van der Waals surface area contributed by atoms with Crippen LogP contribution in [0.4, 0.5) is 15.2 Å². The smallest absolute Gasteiger partial charge is 0.262 e. The topological polar surface area (TPSA) is 89.6 Å². The lowest BCUT2D eigenvalue weighted by atomic mass is 10.1. The van der Waals surface area contributed by atoms with E-state index in [0.717, 1.165) is 29.0 Å². The summed E-state index contributed by atoms with van der Waals surface area (Å²) in [5.41, 5.74) is 3.16. The molecule has 0 atom stereocenters. The van der Waals surface area contributed by atoms with Crippen molar-refractivity contribution >= 4 is 34.0 Å². The summed E-state index contributed by atoms with van der Waals surface area (Å²) in [6.45, 7) is 0.297. The van der Waals surface area contributed by atoms with E-state index in [-0.39, 0.29) is 23.6 Å². The maximum atomic E-state index is 13.7. The fourth-order valence-electron chi connectivity index (χ4n) is 3.65. The lowest BCUT2D eigenvalue weighted by Crippen LogP contribution is -2.22. The molecule has 2 amide bonds. The number of rotatable bonds is 7. The lowest BCUT2D eigenvalue weighted by Gasteiger charge is -2.11. The monoisotopic (exact) mass is 489 g/mol. The Hall–Kier alpha value is -4.24. The fraction of sp³-hybridized carbons (Fsp3) is 0.115. The van der Waals surface area contributed by atoms with Crippen molar-refractivity contribution in [2.75, 3.05) is 23.8 Å². The van der Waals surface area contributed by atoms with Crippen LogP contribution in [0.5, 0.6) is 11.5 Å². The molecule has 0 radical (unpaired) electrons. The van der Waals surface area contributed by atoms with Gasteiger partial charge in [-0.15, -0.1) is 11.3 Å². The Balaban J connectivity index is 1.24. The van der Waals surface area contributed by atoms with Crippen molar-refractivity contribution in [1.82, 2.24) is 4.98 Å². The van der Waals surface area contributed by atoms with E-state index in [1.807, 2.05) is 17.5 Å². The van der Waals surface area contributed by atoms with Crippen LogP contribution in [0.25, 0.3) is 11.3 Å². The normalized spacial score (nSPS) is 11.9. The Bertz CT molecular complexity index is 1400. The molecular formula is C26H20FN3O4S. The van der Waals surface area contributed by atoms with E-state index in [2.05, 4.69) is 21.7 Å². The number of amides is 2. The Morgan fingerprint density at radius 1 is 1.06 bits per heavy atom. The number of hydrogen-bond acceptors (Lipinski definition) is 6. The van der Waals surface area contributed by atoms with Crippen LogP contribution in [-0.4, -0.2) is 30.0 Å². The number of anilines is 2. The Morgan fingerprint density at radius 2 is 1.89 bits per heavy atom. The van der Waals surface area contributed by atoms with Crippen molar-refractivity contribution in [3.8, 4) is 22.8 Å². The van der Waals surface area contributed by atoms with Crippen LogP contribution in [0.1, 0.15) is 15.9 Å². The van der Waals surface area contributed by atoms with Gasteiger partial charge in [-0.3, -0.25) is 14.9 Å². The summed E-state index contributed by atoms with van der Waals surface area (Å²) in [6, 6.07) is 18.3. The summed E-state index contributed by atoms with van der Waals surface area (Å²) in [6.07, 6.45) is 0.867. The molecule has 0 aliphatic carbocycles. The molecule has 1 aromatic heterocycles. The van der Waals surface area contributed by atoms with Crippen molar-refractivity contribution in [2.45, 2.75) is 6.42 Å². The molecule has 7 nitrogen and oxygen atoms in total. The van der Waals surface area contributed by atoms with Crippen LogP contribution >= 0.6 is 11.3 Å². The molecule has 1 aliphatic heterocycles. The Labute approximate surface area is 204 Å². The molecule has 1 aliphatic rings. The minimum atomic E-state index is -0.547. The molecule has 3 aromatic carbocycles. The van der Waals surface area contributed by atoms with E-state index in [9.17, 15) is 14.0 Å². The molecule has 0 bridgehead atoms. The predicted octanol–water partition coefficient (Wildman–Crippen LogP) is 5.15. The second kappa shape index (κ2) is 9.94. The molecule has 0 spiro atoms. The second-order valence-corrected chi connectivity index (χ2v) is 8.58. The van der Waals surface area contributed by atoms with Gasteiger partial charge >= 0.3 is 0 Å². The van der Waals surface area contributed by atoms with Crippen LogP contribution in [0.15, 0.2) is 72.1 Å². The molecule has 0 saturated heterocycles. The molecule has 4 aromatic rings. The molecule has 0 unspecified atom stereocenters. The number of carbonyl (C=O) groups excluding carboxylic acids is 2. The summed E-state index contributed by atoms with van der Waals surface area (Å²) in [5, 5.41) is 7.55. The van der Waals surface area contributed by atoms with Gasteiger partial charge in [0.2, 0.25) is 0 Å². The van der Waals surface area contributed by atoms with Gasteiger partial charge in [-0.25, -0.2) is 9.37 Å². The number of nitrogens with zero attached hydrogens (tertiary/aromatic N) is 1. The molecule has 5 rings (SSSR count). The minimum Gasteiger partial charge on any atom is -0.493 e. The average Bonchev–Trinajstić information content (AvgIpc) is 3.53. The molecule has 0 saturated carbocycles. The van der Waals surface area contributed by atoms with E-state index in [1.165, 1.54) is 29.5 Å². The highest BCUT2D eigenvalue weighted by Gasteiger charge is 2.17. The number of benzene rings is 3. The largest absolute Gasteiger partial charge is 0.493 e. The lowest BCUT2D eigenvalue weighted by molar-refractivity contribution is -0.118. The summed E-state index contributed by atoms with van der Waals surface area (Å²) in [4.78, 5) is 29.7. The van der Waals surface area contributed by atoms with E-state index in [0.29, 0.717) is 11.7 Å². The van der Waals surface area contributed by atoms with Gasteiger partial charge in [-0.05, 0) is 48.0 Å². The van der Waals surface area contributed by atoms with Gasteiger partial charge in [-0.2, -0.15) is 0 Å². The zero-order valence-electron chi connectivity index (χ0n) is 18.4. The first-order chi connectivity index (χ1) is 17.1. The standard InChI is InChI=1S/C26H20FN3O4S/c27-19-6-2-3-7-20(19)28-24(31)14-34-23-8-4-1-5-18(23)25(32)30-26-29-21(15-35-26)16-9-10-22-17(13-16)11-12-33-22/h1-10,13,15H,11-12,14H2,(H,28,31)(H,29,30,32). The van der Waals surface area contributed by atoms with Gasteiger partial charge in [0, 0.05) is 17.4 Å². The zero-order valence-corrected chi connectivity index (χ0v) is 19.2. The molecule has 2 N–H and O–H groups in total. The number of halogens is 1. The number of aromatic nitrogens is 1. The zero-order chi connectivity index (χ0) is 24.2. The first kappa shape index (κ1) is 22.5. The van der Waals surface area contributed by atoms with Crippen LogP contribution in [0.3, 0.4) is 0 Å². The molecule has 9 heteroatoms. The third kappa shape index (κ3) is 5.15. The number of ether oxygens (including phenoxy) is 2. The summed E-state index contributed by atoms with van der Waals surface area (Å²) in [7, 11) is 0. The highest BCUT2D eigenvalue weighted by Crippen LogP contribution is 2.32. The van der Waals surface area contributed by atoms with E-state index in [4.69, 9.17) is 9.47 Å². The van der Waals surface area contributed by atoms with Gasteiger partial charge in [0.25, 0.3) is 11.8 Å². The van der Waals surface area contributed by atoms with Gasteiger partial charge in [0.05, 0.1) is 23.6 Å². The van der Waals surface area contributed by atoms with Crippen molar-refractivity contribution in [3.05, 3.63) is 89.1 Å². The van der Waals surface area contributed by atoms with Crippen molar-refractivity contribution in [1.29, 1.82) is 0 Å². The first-order valence-electron chi connectivity index (χ1n) is 10.9. The second-order valence-electron chi connectivity index (χ2n) is 7.73. The molecule has 176 valence electrons. The number of para-hydroxylation sites is 2. The summed E-state index contributed by atoms with van der Waals surface area (Å²) >= 11 is 1.31.